The summed E-state index contributed by atoms with van der Waals surface area (Å²) in [6.45, 7) is 8.91. The van der Waals surface area contributed by atoms with E-state index in [1.807, 2.05) is 0 Å². The van der Waals surface area contributed by atoms with Crippen LogP contribution >= 0.6 is 11.6 Å². The smallest absolute Gasteiger partial charge is 0.129 e. The highest BCUT2D eigenvalue weighted by atomic mass is 35.5. The maximum atomic E-state index is 6.03. The molecular formula is C16H24ClN3. The first-order valence-electron chi connectivity index (χ1n) is 7.73. The van der Waals surface area contributed by atoms with E-state index < -0.39 is 0 Å². The van der Waals surface area contributed by atoms with Crippen LogP contribution in [0, 0.1) is 0 Å². The molecule has 0 spiro atoms. The van der Waals surface area contributed by atoms with Crippen LogP contribution in [0.15, 0.2) is 12.1 Å². The quantitative estimate of drug-likeness (QED) is 0.795. The van der Waals surface area contributed by atoms with Gasteiger partial charge in [-0.3, -0.25) is 4.90 Å². The fraction of sp³-hybridized carbons (Fsp3) is 0.688. The van der Waals surface area contributed by atoms with E-state index >= 15 is 0 Å². The first kappa shape index (κ1) is 14.2. The molecule has 2 aliphatic rings. The van der Waals surface area contributed by atoms with Crippen molar-refractivity contribution in [2.75, 3.05) is 31.1 Å². The van der Waals surface area contributed by atoms with Crippen LogP contribution in [0.25, 0.3) is 0 Å². The molecule has 20 heavy (non-hydrogen) atoms. The van der Waals surface area contributed by atoms with Crippen molar-refractivity contribution in [2.24, 2.45) is 0 Å². The average Bonchev–Trinajstić information content (AvgIpc) is 3.31. The Morgan fingerprint density at radius 2 is 1.90 bits per heavy atom. The Morgan fingerprint density at radius 1 is 1.20 bits per heavy atom. The van der Waals surface area contributed by atoms with E-state index in [4.69, 9.17) is 16.6 Å². The highest BCUT2D eigenvalue weighted by Gasteiger charge is 2.31. The van der Waals surface area contributed by atoms with E-state index in [9.17, 15) is 0 Å². The molecule has 0 unspecified atom stereocenters. The van der Waals surface area contributed by atoms with Crippen molar-refractivity contribution in [3.63, 3.8) is 0 Å². The molecule has 1 aromatic heterocycles. The van der Waals surface area contributed by atoms with Gasteiger partial charge >= 0.3 is 0 Å². The summed E-state index contributed by atoms with van der Waals surface area (Å²) in [6, 6.07) is 5.18. The van der Waals surface area contributed by atoms with Gasteiger partial charge in [0.1, 0.15) is 5.82 Å². The number of nitrogens with zero attached hydrogens (tertiary/aromatic N) is 3. The van der Waals surface area contributed by atoms with Gasteiger partial charge in [0.05, 0.1) is 0 Å². The maximum absolute atomic E-state index is 6.03. The molecule has 2 heterocycles. The van der Waals surface area contributed by atoms with Crippen molar-refractivity contribution in [3.8, 4) is 0 Å². The Bertz CT molecular complexity index is 463. The van der Waals surface area contributed by atoms with E-state index in [1.54, 1.807) is 0 Å². The molecule has 0 aromatic carbocycles. The van der Waals surface area contributed by atoms with Crippen LogP contribution in [0.1, 0.15) is 43.9 Å². The summed E-state index contributed by atoms with van der Waals surface area (Å²) in [5.41, 5.74) is 2.34. The van der Waals surface area contributed by atoms with Crippen LogP contribution in [0.5, 0.6) is 0 Å². The first-order chi connectivity index (χ1) is 9.67. The molecule has 110 valence electrons. The molecule has 3 rings (SSSR count). The minimum atomic E-state index is 0.449. The third kappa shape index (κ3) is 3.09. The molecule has 1 aliphatic heterocycles. The lowest BCUT2D eigenvalue weighted by Gasteiger charge is -2.36. The number of hydrogen-bond acceptors (Lipinski definition) is 3. The largest absolute Gasteiger partial charge is 0.354 e. The molecule has 4 heteroatoms. The zero-order valence-corrected chi connectivity index (χ0v) is 13.2. The van der Waals surface area contributed by atoms with E-state index in [1.165, 1.54) is 31.5 Å². The molecule has 1 saturated carbocycles. The lowest BCUT2D eigenvalue weighted by atomic mass is 10.1. The van der Waals surface area contributed by atoms with Crippen molar-refractivity contribution in [3.05, 3.63) is 23.4 Å². The third-order valence-electron chi connectivity index (χ3n) is 4.34. The zero-order valence-electron chi connectivity index (χ0n) is 12.5. The van der Waals surface area contributed by atoms with Crippen LogP contribution in [0.2, 0.25) is 0 Å². The molecule has 1 aliphatic carbocycles. The van der Waals surface area contributed by atoms with Gasteiger partial charge in [-0.15, -0.1) is 11.6 Å². The van der Waals surface area contributed by atoms with Crippen LogP contribution in [0.3, 0.4) is 0 Å². The third-order valence-corrected chi connectivity index (χ3v) is 4.65. The van der Waals surface area contributed by atoms with Crippen molar-refractivity contribution in [1.82, 2.24) is 9.88 Å². The fourth-order valence-corrected chi connectivity index (χ4v) is 3.04. The Morgan fingerprint density at radius 3 is 2.45 bits per heavy atom. The van der Waals surface area contributed by atoms with Crippen LogP contribution in [0.4, 0.5) is 5.82 Å². The molecule has 0 radical (unpaired) electrons. The van der Waals surface area contributed by atoms with Gasteiger partial charge in [0, 0.05) is 43.8 Å². The first-order valence-corrected chi connectivity index (χ1v) is 8.26. The van der Waals surface area contributed by atoms with Crippen molar-refractivity contribution < 1.29 is 0 Å². The number of halogens is 1. The molecule has 2 fully saturated rings. The van der Waals surface area contributed by atoms with Crippen molar-refractivity contribution in [1.29, 1.82) is 0 Å². The van der Waals surface area contributed by atoms with Crippen LogP contribution in [-0.2, 0) is 5.88 Å². The Hall–Kier alpha value is -0.800. The lowest BCUT2D eigenvalue weighted by molar-refractivity contribution is 0.247. The van der Waals surface area contributed by atoms with Gasteiger partial charge in [0.2, 0.25) is 0 Å². The SMILES string of the molecule is CC(C)c1cc(CCl)cc(N2CCN(C3CC3)CC2)n1. The van der Waals surface area contributed by atoms with Gasteiger partial charge < -0.3 is 4.90 Å². The molecule has 1 saturated heterocycles. The molecule has 0 bridgehead atoms. The van der Waals surface area contributed by atoms with Gasteiger partial charge in [-0.2, -0.15) is 0 Å². The molecule has 0 N–H and O–H groups in total. The van der Waals surface area contributed by atoms with Gasteiger partial charge in [0.15, 0.2) is 0 Å². The number of piperazine rings is 1. The summed E-state index contributed by atoms with van der Waals surface area (Å²) < 4.78 is 0. The normalized spacial score (nSPS) is 20.7. The van der Waals surface area contributed by atoms with Gasteiger partial charge in [-0.1, -0.05) is 13.8 Å². The molecule has 0 amide bonds. The monoisotopic (exact) mass is 293 g/mol. The van der Waals surface area contributed by atoms with E-state index in [-0.39, 0.29) is 0 Å². The average molecular weight is 294 g/mol. The highest BCUT2D eigenvalue weighted by molar-refractivity contribution is 6.17. The van der Waals surface area contributed by atoms with E-state index in [0.717, 1.165) is 30.6 Å². The van der Waals surface area contributed by atoms with Crippen LogP contribution < -0.4 is 4.90 Å². The number of hydrogen-bond donors (Lipinski definition) is 0. The number of pyridine rings is 1. The van der Waals surface area contributed by atoms with Gasteiger partial charge in [0.25, 0.3) is 0 Å². The summed E-state index contributed by atoms with van der Waals surface area (Å²) in [5, 5.41) is 0. The second kappa shape index (κ2) is 5.90. The summed E-state index contributed by atoms with van der Waals surface area (Å²) in [7, 11) is 0. The second-order valence-electron chi connectivity index (χ2n) is 6.30. The summed E-state index contributed by atoms with van der Waals surface area (Å²) in [5.74, 6) is 2.13. The topological polar surface area (TPSA) is 19.4 Å². The number of aromatic nitrogens is 1. The highest BCUT2D eigenvalue weighted by Crippen LogP contribution is 2.29. The predicted molar refractivity (Wildman–Crippen MR) is 84.7 cm³/mol. The number of anilines is 1. The molecule has 0 atom stereocenters. The maximum Gasteiger partial charge on any atom is 0.129 e. The van der Waals surface area contributed by atoms with Gasteiger partial charge in [-0.05, 0) is 36.5 Å². The summed E-state index contributed by atoms with van der Waals surface area (Å²) in [6.07, 6.45) is 2.80. The number of alkyl halides is 1. The summed E-state index contributed by atoms with van der Waals surface area (Å²) >= 11 is 6.03. The van der Waals surface area contributed by atoms with E-state index in [0.29, 0.717) is 11.8 Å². The molecule has 3 nitrogen and oxygen atoms in total. The minimum absolute atomic E-state index is 0.449. The van der Waals surface area contributed by atoms with E-state index in [2.05, 4.69) is 35.8 Å². The minimum Gasteiger partial charge on any atom is -0.354 e. The van der Waals surface area contributed by atoms with Crippen molar-refractivity contribution >= 4 is 17.4 Å². The zero-order chi connectivity index (χ0) is 14.1. The molecular weight excluding hydrogens is 270 g/mol. The number of rotatable bonds is 4. The molecule has 1 aromatic rings. The second-order valence-corrected chi connectivity index (χ2v) is 6.57. The standard InChI is InChI=1S/C16H24ClN3/c1-12(2)15-9-13(11-17)10-16(18-15)20-7-5-19(6-8-20)14-3-4-14/h9-10,12,14H,3-8,11H2,1-2H3. The lowest BCUT2D eigenvalue weighted by Crippen LogP contribution is -2.47. The van der Waals surface area contributed by atoms with Gasteiger partial charge in [-0.25, -0.2) is 4.98 Å². The van der Waals surface area contributed by atoms with Crippen molar-refractivity contribution in [2.45, 2.75) is 44.5 Å². The summed E-state index contributed by atoms with van der Waals surface area (Å²) in [4.78, 5) is 9.89. The predicted octanol–water partition coefficient (Wildman–Crippen LogP) is 3.23. The Labute approximate surface area is 126 Å². The Balaban J connectivity index is 1.74. The van der Waals surface area contributed by atoms with Crippen LogP contribution in [-0.4, -0.2) is 42.1 Å². The Kier molecular flexibility index (Phi) is 4.18. The fourth-order valence-electron chi connectivity index (χ4n) is 2.89.